The van der Waals surface area contributed by atoms with Crippen LogP contribution in [0.1, 0.15) is 5.56 Å². The zero-order chi connectivity index (χ0) is 16.4. The van der Waals surface area contributed by atoms with Crippen LogP contribution in [0.5, 0.6) is 5.75 Å². The van der Waals surface area contributed by atoms with E-state index < -0.39 is 10.7 Å². The van der Waals surface area contributed by atoms with E-state index in [0.29, 0.717) is 16.1 Å². The number of halogens is 2. The molecule has 5 nitrogen and oxygen atoms in total. The predicted molar refractivity (Wildman–Crippen MR) is 84.1 cm³/mol. The quantitative estimate of drug-likeness (QED) is 0.520. The van der Waals surface area contributed by atoms with Crippen LogP contribution in [-0.2, 0) is 6.61 Å². The monoisotopic (exact) mass is 332 g/mol. The van der Waals surface area contributed by atoms with Crippen molar-refractivity contribution in [3.63, 3.8) is 0 Å². The number of nitro benzene ring substituents is 1. The first kappa shape index (κ1) is 15.2. The highest BCUT2D eigenvalue weighted by atomic mass is 35.5. The van der Waals surface area contributed by atoms with Gasteiger partial charge in [-0.1, -0.05) is 17.7 Å². The Morgan fingerprint density at radius 2 is 2.09 bits per heavy atom. The van der Waals surface area contributed by atoms with Gasteiger partial charge >= 0.3 is 5.69 Å². The molecular weight excluding hydrogens is 323 g/mol. The number of hydrogen-bond donors (Lipinski definition) is 0. The van der Waals surface area contributed by atoms with Crippen LogP contribution in [0.3, 0.4) is 0 Å². The minimum atomic E-state index is -0.618. The van der Waals surface area contributed by atoms with Crippen LogP contribution >= 0.6 is 11.6 Å². The molecule has 0 N–H and O–H groups in total. The maximum absolute atomic E-state index is 13.3. The highest BCUT2D eigenvalue weighted by molar-refractivity contribution is 6.35. The van der Waals surface area contributed by atoms with E-state index in [2.05, 4.69) is 4.98 Å². The van der Waals surface area contributed by atoms with Gasteiger partial charge in [0.15, 0.2) is 5.75 Å². The largest absolute Gasteiger partial charge is 0.482 e. The van der Waals surface area contributed by atoms with E-state index in [9.17, 15) is 14.5 Å². The summed E-state index contributed by atoms with van der Waals surface area (Å²) >= 11 is 6.11. The number of nitrogens with zero attached hydrogens (tertiary/aromatic N) is 2. The van der Waals surface area contributed by atoms with Gasteiger partial charge in [-0.15, -0.1) is 0 Å². The van der Waals surface area contributed by atoms with Crippen molar-refractivity contribution in [3.05, 3.63) is 75.2 Å². The molecule has 3 aromatic rings. The second-order valence-corrected chi connectivity index (χ2v) is 5.17. The maximum atomic E-state index is 13.3. The van der Waals surface area contributed by atoms with E-state index in [0.717, 1.165) is 23.6 Å². The Hall–Kier alpha value is -2.73. The third-order valence-corrected chi connectivity index (χ3v) is 3.63. The Balaban J connectivity index is 1.94. The number of hydrogen-bond acceptors (Lipinski definition) is 4. The second kappa shape index (κ2) is 6.18. The Kier molecular flexibility index (Phi) is 4.08. The average molecular weight is 333 g/mol. The van der Waals surface area contributed by atoms with E-state index in [1.54, 1.807) is 24.4 Å². The summed E-state index contributed by atoms with van der Waals surface area (Å²) in [6.07, 6.45) is 1.62. The lowest BCUT2D eigenvalue weighted by Crippen LogP contribution is -2.01. The van der Waals surface area contributed by atoms with Crippen molar-refractivity contribution < 1.29 is 14.1 Å². The Morgan fingerprint density at radius 1 is 1.26 bits per heavy atom. The average Bonchev–Trinajstić information content (AvgIpc) is 2.54. The van der Waals surface area contributed by atoms with Crippen molar-refractivity contribution in [2.75, 3.05) is 0 Å². The number of aromatic nitrogens is 1. The fourth-order valence-electron chi connectivity index (χ4n) is 2.22. The van der Waals surface area contributed by atoms with Gasteiger partial charge in [0, 0.05) is 34.3 Å². The Bertz CT molecular complexity index is 902. The lowest BCUT2D eigenvalue weighted by atomic mass is 10.1. The van der Waals surface area contributed by atoms with Gasteiger partial charge < -0.3 is 4.74 Å². The van der Waals surface area contributed by atoms with Crippen molar-refractivity contribution >= 4 is 28.2 Å². The molecule has 0 unspecified atom stereocenters. The number of nitro groups is 1. The Morgan fingerprint density at radius 3 is 2.87 bits per heavy atom. The molecule has 0 spiro atoms. The third kappa shape index (κ3) is 3.07. The van der Waals surface area contributed by atoms with Gasteiger partial charge in [-0.3, -0.25) is 15.1 Å². The molecule has 0 aliphatic heterocycles. The molecule has 23 heavy (non-hydrogen) atoms. The molecule has 0 bridgehead atoms. The molecule has 0 saturated carbocycles. The number of pyridine rings is 1. The Labute approximate surface area is 135 Å². The molecule has 0 radical (unpaired) electrons. The summed E-state index contributed by atoms with van der Waals surface area (Å²) < 4.78 is 18.8. The molecule has 0 atom stereocenters. The molecule has 0 saturated heterocycles. The highest BCUT2D eigenvalue weighted by Crippen LogP contribution is 2.30. The van der Waals surface area contributed by atoms with Crippen LogP contribution in [0.4, 0.5) is 10.1 Å². The van der Waals surface area contributed by atoms with Gasteiger partial charge in [0.25, 0.3) is 0 Å². The third-order valence-electron chi connectivity index (χ3n) is 3.30. The van der Waals surface area contributed by atoms with Gasteiger partial charge in [0.2, 0.25) is 0 Å². The molecule has 1 heterocycles. The SMILES string of the molecule is O=[N+]([O-])c1ccc(F)cc1OCc1ccc(Cl)c2cccnc12. The summed E-state index contributed by atoms with van der Waals surface area (Å²) in [5.41, 5.74) is 1.04. The van der Waals surface area contributed by atoms with Gasteiger partial charge in [-0.25, -0.2) is 4.39 Å². The number of rotatable bonds is 4. The number of fused-ring (bicyclic) bond motifs is 1. The standard InChI is InChI=1S/C16H10ClFN2O3/c17-13-5-3-10(16-12(13)2-1-7-19-16)9-23-15-8-11(18)4-6-14(15)20(21)22/h1-8H,9H2. The molecule has 0 aliphatic rings. The molecule has 7 heteroatoms. The summed E-state index contributed by atoms with van der Waals surface area (Å²) in [5.74, 6) is -0.737. The van der Waals surface area contributed by atoms with Crippen molar-refractivity contribution in [1.82, 2.24) is 4.98 Å². The first-order valence-corrected chi connectivity index (χ1v) is 7.03. The molecule has 3 rings (SSSR count). The van der Waals surface area contributed by atoms with Crippen LogP contribution in [0.15, 0.2) is 48.7 Å². The van der Waals surface area contributed by atoms with Gasteiger partial charge in [0.1, 0.15) is 12.4 Å². The molecule has 1 aromatic heterocycles. The summed E-state index contributed by atoms with van der Waals surface area (Å²) in [4.78, 5) is 14.6. The molecule has 0 amide bonds. The smallest absolute Gasteiger partial charge is 0.311 e. The maximum Gasteiger partial charge on any atom is 0.311 e. The first-order chi connectivity index (χ1) is 11.1. The van der Waals surface area contributed by atoms with Crippen LogP contribution in [0.25, 0.3) is 10.9 Å². The van der Waals surface area contributed by atoms with Gasteiger partial charge in [0.05, 0.1) is 10.4 Å². The van der Waals surface area contributed by atoms with E-state index in [1.165, 1.54) is 0 Å². The topological polar surface area (TPSA) is 65.3 Å². The van der Waals surface area contributed by atoms with Crippen LogP contribution in [0, 0.1) is 15.9 Å². The molecule has 0 fully saturated rings. The molecule has 2 aromatic carbocycles. The predicted octanol–water partition coefficient (Wildman–Crippen LogP) is 4.51. The minimum Gasteiger partial charge on any atom is -0.482 e. The minimum absolute atomic E-state index is 0.00890. The molecule has 116 valence electrons. The van der Waals surface area contributed by atoms with E-state index >= 15 is 0 Å². The van der Waals surface area contributed by atoms with Gasteiger partial charge in [-0.05, 0) is 24.3 Å². The van der Waals surface area contributed by atoms with E-state index in [-0.39, 0.29) is 18.0 Å². The van der Waals surface area contributed by atoms with E-state index in [4.69, 9.17) is 16.3 Å². The van der Waals surface area contributed by atoms with Crippen molar-refractivity contribution in [1.29, 1.82) is 0 Å². The highest BCUT2D eigenvalue weighted by Gasteiger charge is 2.16. The number of benzene rings is 2. The van der Waals surface area contributed by atoms with Crippen molar-refractivity contribution in [3.8, 4) is 5.75 Å². The van der Waals surface area contributed by atoms with Crippen LogP contribution in [0.2, 0.25) is 5.02 Å². The summed E-state index contributed by atoms with van der Waals surface area (Å²) in [5, 5.41) is 12.3. The normalized spacial score (nSPS) is 10.7. The molecular formula is C16H10ClFN2O3. The second-order valence-electron chi connectivity index (χ2n) is 4.76. The zero-order valence-corrected chi connectivity index (χ0v) is 12.5. The summed E-state index contributed by atoms with van der Waals surface area (Å²) in [7, 11) is 0. The van der Waals surface area contributed by atoms with Crippen molar-refractivity contribution in [2.24, 2.45) is 0 Å². The van der Waals surface area contributed by atoms with Crippen LogP contribution < -0.4 is 4.74 Å². The van der Waals surface area contributed by atoms with E-state index in [1.807, 2.05) is 6.07 Å². The number of ether oxygens (including phenoxy) is 1. The first-order valence-electron chi connectivity index (χ1n) is 6.65. The zero-order valence-electron chi connectivity index (χ0n) is 11.7. The fourth-order valence-corrected chi connectivity index (χ4v) is 2.44. The fraction of sp³-hybridized carbons (Fsp3) is 0.0625. The lowest BCUT2D eigenvalue weighted by Gasteiger charge is -2.09. The summed E-state index contributed by atoms with van der Waals surface area (Å²) in [6.45, 7) is 0.00890. The lowest BCUT2D eigenvalue weighted by molar-refractivity contribution is -0.386. The molecule has 0 aliphatic carbocycles. The van der Waals surface area contributed by atoms with Crippen molar-refractivity contribution in [2.45, 2.75) is 6.61 Å². The summed E-state index contributed by atoms with van der Waals surface area (Å²) in [6, 6.07) is 10.1. The van der Waals surface area contributed by atoms with Gasteiger partial charge in [-0.2, -0.15) is 0 Å². The van der Waals surface area contributed by atoms with Crippen LogP contribution in [-0.4, -0.2) is 9.91 Å².